The zero-order valence-electron chi connectivity index (χ0n) is 10.1. The summed E-state index contributed by atoms with van der Waals surface area (Å²) in [7, 11) is -2.22. The molecule has 0 aromatic heterocycles. The maximum atomic E-state index is 11.7. The van der Waals surface area contributed by atoms with Crippen molar-refractivity contribution in [2.45, 2.75) is 6.92 Å². The topological polar surface area (TPSA) is 92.7 Å². The Hall–Kier alpha value is -1.76. The molecule has 18 heavy (non-hydrogen) atoms. The molecule has 0 saturated carbocycles. The fraction of sp³-hybridized carbons (Fsp3) is 0.364. The lowest BCUT2D eigenvalue weighted by Gasteiger charge is -2.11. The first kappa shape index (κ1) is 14.3. The molecule has 0 aliphatic rings. The van der Waals surface area contributed by atoms with E-state index in [-0.39, 0.29) is 0 Å². The van der Waals surface area contributed by atoms with Gasteiger partial charge in [0.2, 0.25) is 10.0 Å². The number of rotatable bonds is 6. The standard InChI is InChI=1S/C11H15NO5S/c1-8(11(13)14)7-18(15,16)12-9-4-3-5-10(6-9)17-2/h3-6,8,12H,7H2,1-2H3,(H,13,14). The Labute approximate surface area is 106 Å². The number of carbonyl (C=O) groups is 1. The molecule has 1 atom stereocenters. The fourth-order valence-corrected chi connectivity index (χ4v) is 2.68. The van der Waals surface area contributed by atoms with E-state index in [0.29, 0.717) is 11.4 Å². The van der Waals surface area contributed by atoms with E-state index in [4.69, 9.17) is 9.84 Å². The molecule has 7 heteroatoms. The lowest BCUT2D eigenvalue weighted by Crippen LogP contribution is -2.25. The third-order valence-corrected chi connectivity index (χ3v) is 3.72. The van der Waals surface area contributed by atoms with Crippen LogP contribution in [-0.4, -0.2) is 32.4 Å². The van der Waals surface area contributed by atoms with E-state index in [0.717, 1.165) is 0 Å². The monoisotopic (exact) mass is 273 g/mol. The molecule has 1 rings (SSSR count). The van der Waals surface area contributed by atoms with Crippen molar-refractivity contribution in [3.05, 3.63) is 24.3 Å². The number of carboxylic acids is 1. The van der Waals surface area contributed by atoms with Crippen molar-refractivity contribution >= 4 is 21.7 Å². The summed E-state index contributed by atoms with van der Waals surface area (Å²) >= 11 is 0. The molecule has 0 aliphatic carbocycles. The first-order valence-electron chi connectivity index (χ1n) is 5.21. The number of ether oxygens (including phenoxy) is 1. The molecule has 1 aromatic carbocycles. The number of sulfonamides is 1. The van der Waals surface area contributed by atoms with Gasteiger partial charge < -0.3 is 9.84 Å². The van der Waals surface area contributed by atoms with Crippen LogP contribution in [0.5, 0.6) is 5.75 Å². The Morgan fingerprint density at radius 1 is 1.50 bits per heavy atom. The maximum absolute atomic E-state index is 11.7. The second-order valence-corrected chi connectivity index (χ2v) is 5.62. The number of hydrogen-bond donors (Lipinski definition) is 2. The molecule has 0 bridgehead atoms. The summed E-state index contributed by atoms with van der Waals surface area (Å²) < 4.78 is 30.7. The van der Waals surface area contributed by atoms with E-state index in [1.54, 1.807) is 18.2 Å². The maximum Gasteiger partial charge on any atom is 0.307 e. The second-order valence-electron chi connectivity index (χ2n) is 3.85. The molecule has 6 nitrogen and oxygen atoms in total. The average Bonchev–Trinajstić information content (AvgIpc) is 2.27. The third-order valence-electron chi connectivity index (χ3n) is 2.23. The van der Waals surface area contributed by atoms with E-state index >= 15 is 0 Å². The molecular weight excluding hydrogens is 258 g/mol. The lowest BCUT2D eigenvalue weighted by atomic mass is 10.2. The van der Waals surface area contributed by atoms with E-state index in [9.17, 15) is 13.2 Å². The molecule has 100 valence electrons. The zero-order valence-corrected chi connectivity index (χ0v) is 10.9. The van der Waals surface area contributed by atoms with Crippen molar-refractivity contribution in [1.82, 2.24) is 0 Å². The zero-order chi connectivity index (χ0) is 13.8. The summed E-state index contributed by atoms with van der Waals surface area (Å²) in [5.41, 5.74) is 0.340. The average molecular weight is 273 g/mol. The highest BCUT2D eigenvalue weighted by atomic mass is 32.2. The first-order chi connectivity index (χ1) is 8.34. The summed E-state index contributed by atoms with van der Waals surface area (Å²) in [4.78, 5) is 10.6. The van der Waals surface area contributed by atoms with E-state index in [1.807, 2.05) is 0 Å². The molecule has 0 spiro atoms. The van der Waals surface area contributed by atoms with Gasteiger partial charge in [0.1, 0.15) is 5.75 Å². The largest absolute Gasteiger partial charge is 0.497 e. The van der Waals surface area contributed by atoms with Crippen molar-refractivity contribution in [2.75, 3.05) is 17.6 Å². The predicted molar refractivity (Wildman–Crippen MR) is 67.2 cm³/mol. The molecule has 0 amide bonds. The van der Waals surface area contributed by atoms with Gasteiger partial charge in [0.15, 0.2) is 0 Å². The number of anilines is 1. The molecule has 0 aliphatic heterocycles. The molecule has 1 aromatic rings. The van der Waals surface area contributed by atoms with Crippen LogP contribution in [0.15, 0.2) is 24.3 Å². The fourth-order valence-electron chi connectivity index (χ4n) is 1.31. The summed E-state index contributed by atoms with van der Waals surface area (Å²) in [6.45, 7) is 1.34. The van der Waals surface area contributed by atoms with Gasteiger partial charge in [0.05, 0.1) is 24.5 Å². The SMILES string of the molecule is COc1cccc(NS(=O)(=O)CC(C)C(=O)O)c1. The Kier molecular flexibility index (Phi) is 4.55. The van der Waals surface area contributed by atoms with Crippen LogP contribution < -0.4 is 9.46 Å². The molecular formula is C11H15NO5S. The Morgan fingerprint density at radius 3 is 2.72 bits per heavy atom. The highest BCUT2D eigenvalue weighted by molar-refractivity contribution is 7.92. The first-order valence-corrected chi connectivity index (χ1v) is 6.86. The number of hydrogen-bond acceptors (Lipinski definition) is 4. The smallest absolute Gasteiger partial charge is 0.307 e. The van der Waals surface area contributed by atoms with Crippen LogP contribution >= 0.6 is 0 Å². The van der Waals surface area contributed by atoms with Gasteiger partial charge in [-0.1, -0.05) is 13.0 Å². The van der Waals surface area contributed by atoms with Crippen LogP contribution in [0.3, 0.4) is 0 Å². The predicted octanol–water partition coefficient (Wildman–Crippen LogP) is 1.16. The number of aliphatic carboxylic acids is 1. The van der Waals surface area contributed by atoms with Gasteiger partial charge in [-0.2, -0.15) is 0 Å². The number of benzene rings is 1. The van der Waals surface area contributed by atoms with E-state index in [1.165, 1.54) is 20.1 Å². The Balaban J connectivity index is 2.79. The van der Waals surface area contributed by atoms with Crippen molar-refractivity contribution in [3.8, 4) is 5.75 Å². The molecule has 0 fully saturated rings. The summed E-state index contributed by atoms with van der Waals surface area (Å²) in [6.07, 6.45) is 0. The molecule has 1 unspecified atom stereocenters. The third kappa shape index (κ3) is 4.25. The summed E-state index contributed by atoms with van der Waals surface area (Å²) in [6, 6.07) is 6.39. The van der Waals surface area contributed by atoms with Gasteiger partial charge in [0.25, 0.3) is 0 Å². The van der Waals surface area contributed by atoms with Gasteiger partial charge in [-0.15, -0.1) is 0 Å². The van der Waals surface area contributed by atoms with Gasteiger partial charge in [0, 0.05) is 6.07 Å². The minimum Gasteiger partial charge on any atom is -0.497 e. The van der Waals surface area contributed by atoms with Gasteiger partial charge >= 0.3 is 5.97 Å². The Bertz CT molecular complexity index is 526. The van der Waals surface area contributed by atoms with Crippen molar-refractivity contribution in [1.29, 1.82) is 0 Å². The highest BCUT2D eigenvalue weighted by Crippen LogP contribution is 2.18. The van der Waals surface area contributed by atoms with Crippen molar-refractivity contribution in [3.63, 3.8) is 0 Å². The number of methoxy groups -OCH3 is 1. The van der Waals surface area contributed by atoms with E-state index < -0.39 is 27.7 Å². The van der Waals surface area contributed by atoms with Crippen LogP contribution in [0.4, 0.5) is 5.69 Å². The summed E-state index contributed by atoms with van der Waals surface area (Å²) in [5.74, 6) is -2.07. The van der Waals surface area contributed by atoms with Gasteiger partial charge in [-0.25, -0.2) is 8.42 Å². The normalized spacial score (nSPS) is 12.8. The molecule has 0 saturated heterocycles. The van der Waals surface area contributed by atoms with Crippen LogP contribution in [0, 0.1) is 5.92 Å². The Morgan fingerprint density at radius 2 is 2.17 bits per heavy atom. The van der Waals surface area contributed by atoms with Gasteiger partial charge in [-0.3, -0.25) is 9.52 Å². The minimum absolute atomic E-state index is 0.340. The van der Waals surface area contributed by atoms with E-state index in [2.05, 4.69) is 4.72 Å². The van der Waals surface area contributed by atoms with Crippen LogP contribution in [0.25, 0.3) is 0 Å². The summed E-state index contributed by atoms with van der Waals surface area (Å²) in [5, 5.41) is 8.68. The van der Waals surface area contributed by atoms with Crippen molar-refractivity contribution < 1.29 is 23.1 Å². The number of carboxylic acid groups (broad SMARTS) is 1. The van der Waals surface area contributed by atoms with Crippen LogP contribution in [-0.2, 0) is 14.8 Å². The minimum atomic E-state index is -3.69. The van der Waals surface area contributed by atoms with Crippen molar-refractivity contribution in [2.24, 2.45) is 5.92 Å². The second kappa shape index (κ2) is 5.72. The van der Waals surface area contributed by atoms with Crippen LogP contribution in [0.2, 0.25) is 0 Å². The molecule has 0 heterocycles. The van der Waals surface area contributed by atoms with Gasteiger partial charge in [-0.05, 0) is 12.1 Å². The molecule has 0 radical (unpaired) electrons. The highest BCUT2D eigenvalue weighted by Gasteiger charge is 2.20. The van der Waals surface area contributed by atoms with Crippen LogP contribution in [0.1, 0.15) is 6.92 Å². The molecule has 2 N–H and O–H groups in total. The number of nitrogens with one attached hydrogen (secondary N) is 1. The lowest BCUT2D eigenvalue weighted by molar-refractivity contribution is -0.140. The quantitative estimate of drug-likeness (QED) is 0.811.